The van der Waals surface area contributed by atoms with Gasteiger partial charge in [-0.05, 0) is 111 Å². The van der Waals surface area contributed by atoms with E-state index >= 15 is 0 Å². The summed E-state index contributed by atoms with van der Waals surface area (Å²) in [5.41, 5.74) is 10.6. The van der Waals surface area contributed by atoms with Crippen molar-refractivity contribution in [1.82, 2.24) is 9.13 Å². The Labute approximate surface area is 280 Å². The predicted octanol–water partition coefficient (Wildman–Crippen LogP) is 12.5. The molecule has 1 aliphatic rings. The van der Waals surface area contributed by atoms with E-state index in [2.05, 4.69) is 170 Å². The van der Waals surface area contributed by atoms with Crippen LogP contribution in [0.15, 0.2) is 133 Å². The largest absolute Gasteiger partial charge is 0.309 e. The fourth-order valence-corrected chi connectivity index (χ4v) is 8.80. The molecule has 0 aliphatic heterocycles. The van der Waals surface area contributed by atoms with Crippen LogP contribution in [0.1, 0.15) is 51.7 Å². The van der Waals surface area contributed by atoms with Gasteiger partial charge in [-0.25, -0.2) is 0 Å². The topological polar surface area (TPSA) is 9.86 Å². The second-order valence-electron chi connectivity index (χ2n) is 15.3. The van der Waals surface area contributed by atoms with Gasteiger partial charge in [-0.15, -0.1) is 0 Å². The van der Waals surface area contributed by atoms with Crippen LogP contribution in [-0.2, 0) is 10.8 Å². The molecule has 0 unspecified atom stereocenters. The molecule has 9 aromatic rings. The number of aromatic nitrogens is 2. The second-order valence-corrected chi connectivity index (χ2v) is 15.3. The molecule has 0 saturated heterocycles. The van der Waals surface area contributed by atoms with E-state index in [1.54, 1.807) is 0 Å². The second kappa shape index (κ2) is 9.61. The highest BCUT2D eigenvalue weighted by molar-refractivity contribution is 6.25. The number of hydrogen-bond donors (Lipinski definition) is 0. The SMILES string of the molecule is CC1(C)CCC(C)(C)c2cc3c(cc21)c1cc2c4c5ccccc5ccc4n(-c4ccccc4)c2cc1n3-c1ccc2ccccc2c1. The van der Waals surface area contributed by atoms with Gasteiger partial charge in [0.05, 0.1) is 22.1 Å². The van der Waals surface area contributed by atoms with Gasteiger partial charge in [-0.3, -0.25) is 0 Å². The first-order chi connectivity index (χ1) is 23.3. The predicted molar refractivity (Wildman–Crippen MR) is 205 cm³/mol. The Bertz CT molecular complexity index is 2770. The van der Waals surface area contributed by atoms with Crippen molar-refractivity contribution < 1.29 is 0 Å². The third-order valence-electron chi connectivity index (χ3n) is 11.5. The molecule has 232 valence electrons. The molecule has 0 bridgehead atoms. The fourth-order valence-electron chi connectivity index (χ4n) is 8.80. The van der Waals surface area contributed by atoms with Crippen LogP contribution in [-0.4, -0.2) is 9.13 Å². The molecular formula is C46H38N2. The summed E-state index contributed by atoms with van der Waals surface area (Å²) in [4.78, 5) is 0. The van der Waals surface area contributed by atoms with Gasteiger partial charge in [0.25, 0.3) is 0 Å². The van der Waals surface area contributed by atoms with E-state index in [1.807, 2.05) is 0 Å². The van der Waals surface area contributed by atoms with Crippen molar-refractivity contribution in [2.45, 2.75) is 51.4 Å². The minimum Gasteiger partial charge on any atom is -0.309 e. The molecule has 0 fully saturated rings. The third-order valence-corrected chi connectivity index (χ3v) is 11.5. The van der Waals surface area contributed by atoms with Crippen LogP contribution in [0, 0.1) is 0 Å². The van der Waals surface area contributed by atoms with E-state index in [4.69, 9.17) is 0 Å². The fraction of sp³-hybridized carbons (Fsp3) is 0.174. The number of benzene rings is 7. The highest BCUT2D eigenvalue weighted by Gasteiger charge is 2.38. The number of nitrogens with zero attached hydrogens (tertiary/aromatic N) is 2. The smallest absolute Gasteiger partial charge is 0.0562 e. The van der Waals surface area contributed by atoms with Crippen LogP contribution in [0.4, 0.5) is 0 Å². The quantitative estimate of drug-likeness (QED) is 0.182. The van der Waals surface area contributed by atoms with Crippen molar-refractivity contribution in [2.75, 3.05) is 0 Å². The lowest BCUT2D eigenvalue weighted by molar-refractivity contribution is 0.332. The van der Waals surface area contributed by atoms with Crippen molar-refractivity contribution in [3.05, 3.63) is 145 Å². The molecule has 2 heterocycles. The molecule has 0 radical (unpaired) electrons. The standard InChI is InChI=1S/C46H38N2/c1-45(2)22-23-46(3,4)39-27-41-36(26-38(39)45)35-25-37-43(28-42(35)48(41)33-20-18-29-12-8-9-14-31(29)24-33)47(32-15-6-5-7-16-32)40-21-19-30-13-10-11-17-34(30)44(37)40/h5-21,24-28H,22-23H2,1-4H3. The first-order valence-corrected chi connectivity index (χ1v) is 17.3. The number of para-hydroxylation sites is 1. The van der Waals surface area contributed by atoms with Gasteiger partial charge in [-0.2, -0.15) is 0 Å². The first-order valence-electron chi connectivity index (χ1n) is 17.3. The molecule has 2 aromatic heterocycles. The lowest BCUT2D eigenvalue weighted by Crippen LogP contribution is -2.33. The summed E-state index contributed by atoms with van der Waals surface area (Å²) >= 11 is 0. The van der Waals surface area contributed by atoms with Crippen LogP contribution >= 0.6 is 0 Å². The van der Waals surface area contributed by atoms with Crippen LogP contribution in [0.3, 0.4) is 0 Å². The van der Waals surface area contributed by atoms with Gasteiger partial charge in [0, 0.05) is 32.9 Å². The van der Waals surface area contributed by atoms with Crippen LogP contribution in [0.5, 0.6) is 0 Å². The van der Waals surface area contributed by atoms with Crippen molar-refractivity contribution >= 4 is 65.2 Å². The Morgan fingerprint density at radius 3 is 1.77 bits per heavy atom. The zero-order chi connectivity index (χ0) is 32.4. The van der Waals surface area contributed by atoms with Crippen molar-refractivity contribution in [1.29, 1.82) is 0 Å². The highest BCUT2D eigenvalue weighted by Crippen LogP contribution is 2.49. The van der Waals surface area contributed by atoms with Crippen molar-refractivity contribution in [3.8, 4) is 11.4 Å². The Hall–Kier alpha value is -5.34. The zero-order valence-electron chi connectivity index (χ0n) is 28.0. The van der Waals surface area contributed by atoms with Crippen molar-refractivity contribution in [2.24, 2.45) is 0 Å². The molecule has 2 nitrogen and oxygen atoms in total. The Balaban J connectivity index is 1.42. The Morgan fingerprint density at radius 1 is 0.396 bits per heavy atom. The summed E-state index contributed by atoms with van der Waals surface area (Å²) in [5.74, 6) is 0. The highest BCUT2D eigenvalue weighted by atomic mass is 15.0. The number of hydrogen-bond acceptors (Lipinski definition) is 0. The average Bonchev–Trinajstić information content (AvgIpc) is 3.60. The minimum absolute atomic E-state index is 0.118. The number of rotatable bonds is 2. The maximum absolute atomic E-state index is 2.56. The third kappa shape index (κ3) is 3.80. The molecule has 0 spiro atoms. The molecular weight excluding hydrogens is 581 g/mol. The Morgan fingerprint density at radius 2 is 0.979 bits per heavy atom. The summed E-state index contributed by atoms with van der Waals surface area (Å²) in [6.45, 7) is 9.75. The van der Waals surface area contributed by atoms with Crippen molar-refractivity contribution in [3.63, 3.8) is 0 Å². The van der Waals surface area contributed by atoms with Gasteiger partial charge in [0.1, 0.15) is 0 Å². The minimum atomic E-state index is 0.118. The van der Waals surface area contributed by atoms with Crippen LogP contribution in [0.25, 0.3) is 76.5 Å². The lowest BCUT2D eigenvalue weighted by atomic mass is 9.63. The monoisotopic (exact) mass is 618 g/mol. The maximum atomic E-state index is 2.56. The van der Waals surface area contributed by atoms with E-state index < -0.39 is 0 Å². The van der Waals surface area contributed by atoms with E-state index in [0.717, 1.165) is 0 Å². The molecule has 0 atom stereocenters. The van der Waals surface area contributed by atoms with Gasteiger partial charge in [-0.1, -0.05) is 107 Å². The van der Waals surface area contributed by atoms with Crippen LogP contribution in [0.2, 0.25) is 0 Å². The van der Waals surface area contributed by atoms with Gasteiger partial charge < -0.3 is 9.13 Å². The van der Waals surface area contributed by atoms with E-state index in [1.165, 1.54) is 100 Å². The molecule has 2 heteroatoms. The average molecular weight is 619 g/mol. The summed E-state index contributed by atoms with van der Waals surface area (Å²) in [6.07, 6.45) is 2.39. The van der Waals surface area contributed by atoms with Gasteiger partial charge in [0.2, 0.25) is 0 Å². The molecule has 0 N–H and O–H groups in total. The summed E-state index contributed by atoms with van der Waals surface area (Å²) in [5, 5.41) is 10.4. The van der Waals surface area contributed by atoms with Gasteiger partial charge >= 0.3 is 0 Å². The molecule has 10 rings (SSSR count). The molecule has 7 aromatic carbocycles. The van der Waals surface area contributed by atoms with E-state index in [0.29, 0.717) is 0 Å². The molecule has 0 saturated carbocycles. The molecule has 1 aliphatic carbocycles. The maximum Gasteiger partial charge on any atom is 0.0562 e. The molecule has 0 amide bonds. The summed E-state index contributed by atoms with van der Waals surface area (Å²) < 4.78 is 5.01. The van der Waals surface area contributed by atoms with Gasteiger partial charge in [0.15, 0.2) is 0 Å². The lowest BCUT2D eigenvalue weighted by Gasteiger charge is -2.42. The first kappa shape index (κ1) is 27.7. The van der Waals surface area contributed by atoms with E-state index in [9.17, 15) is 0 Å². The van der Waals surface area contributed by atoms with Crippen LogP contribution < -0.4 is 0 Å². The normalized spacial score (nSPS) is 15.7. The summed E-state index contributed by atoms with van der Waals surface area (Å²) in [6, 6.07) is 50.0. The molecule has 48 heavy (non-hydrogen) atoms. The Kier molecular flexibility index (Phi) is 5.55. The summed E-state index contributed by atoms with van der Waals surface area (Å²) in [7, 11) is 0. The number of fused-ring (bicyclic) bond motifs is 10. The zero-order valence-corrected chi connectivity index (χ0v) is 28.0. The van der Waals surface area contributed by atoms with E-state index in [-0.39, 0.29) is 10.8 Å².